The Bertz CT molecular complexity index is 420. The van der Waals surface area contributed by atoms with Crippen molar-refractivity contribution in [2.45, 2.75) is 4.90 Å². The van der Waals surface area contributed by atoms with Gasteiger partial charge in [0.2, 0.25) is 9.84 Å². The number of nitrogens with zero attached hydrogens (tertiary/aromatic N) is 1. The first-order valence-corrected chi connectivity index (χ1v) is 4.63. The van der Waals surface area contributed by atoms with Gasteiger partial charge < -0.3 is 0 Å². The van der Waals surface area contributed by atoms with Crippen molar-refractivity contribution in [1.29, 1.82) is 0 Å². The Labute approximate surface area is 64.3 Å². The van der Waals surface area contributed by atoms with Gasteiger partial charge >= 0.3 is 0 Å². The zero-order chi connectivity index (χ0) is 7.90. The first-order valence-electron chi connectivity index (χ1n) is 3.08. The summed E-state index contributed by atoms with van der Waals surface area (Å²) < 4.78 is 22.3. The molecule has 0 radical (unpaired) electrons. The summed E-state index contributed by atoms with van der Waals surface area (Å²) >= 11 is 0. The van der Waals surface area contributed by atoms with E-state index < -0.39 is 9.84 Å². The average molecular weight is 167 g/mol. The van der Waals surface area contributed by atoms with Crippen LogP contribution in [0.4, 0.5) is 0 Å². The molecule has 0 aromatic carbocycles. The predicted octanol–water partition coefficient (Wildman–Crippen LogP) is 0.840. The Morgan fingerprint density at radius 1 is 1.36 bits per heavy atom. The topological polar surface area (TPSA) is 47.0 Å². The maximum Gasteiger partial charge on any atom is 0.202 e. The lowest BCUT2D eigenvalue weighted by molar-refractivity contribution is 0.605. The summed E-state index contributed by atoms with van der Waals surface area (Å²) in [5.74, 6) is 0. The number of hydrogen-bond donors (Lipinski definition) is 0. The molecule has 0 saturated carbocycles. The summed E-state index contributed by atoms with van der Waals surface area (Å²) in [6.45, 7) is 0. The van der Waals surface area contributed by atoms with Crippen LogP contribution in [-0.4, -0.2) is 13.4 Å². The van der Waals surface area contributed by atoms with E-state index in [1.807, 2.05) is 0 Å². The average Bonchev–Trinajstić information content (AvgIpc) is 2.29. The van der Waals surface area contributed by atoms with Crippen LogP contribution >= 0.6 is 0 Å². The first-order chi connectivity index (χ1) is 5.20. The Morgan fingerprint density at radius 3 is 2.91 bits per heavy atom. The van der Waals surface area contributed by atoms with E-state index in [4.69, 9.17) is 0 Å². The summed E-state index contributed by atoms with van der Waals surface area (Å²) in [5.41, 5.74) is 0.535. The van der Waals surface area contributed by atoms with Crippen molar-refractivity contribution in [1.82, 2.24) is 4.98 Å². The molecule has 1 aromatic heterocycles. The summed E-state index contributed by atoms with van der Waals surface area (Å²) in [5, 5.41) is 1.17. The molecule has 56 valence electrons. The van der Waals surface area contributed by atoms with Crippen molar-refractivity contribution >= 4 is 15.9 Å². The van der Waals surface area contributed by atoms with Gasteiger partial charge in [0.05, 0.1) is 10.6 Å². The second-order valence-electron chi connectivity index (χ2n) is 2.23. The van der Waals surface area contributed by atoms with Gasteiger partial charge in [-0.1, -0.05) is 0 Å². The summed E-state index contributed by atoms with van der Waals surface area (Å²) in [6, 6.07) is 3.17. The van der Waals surface area contributed by atoms with E-state index in [2.05, 4.69) is 4.98 Å². The minimum absolute atomic E-state index is 0.306. The number of hydrogen-bond acceptors (Lipinski definition) is 3. The van der Waals surface area contributed by atoms with Crippen LogP contribution in [0.15, 0.2) is 28.6 Å². The molecule has 0 bridgehead atoms. The molecular weight excluding hydrogens is 162 g/mol. The number of pyridine rings is 1. The standard InChI is InChI=1S/C7H5NO2S/c9-11(10)5-3-6-7(11)2-1-4-8-6/h1-5H. The van der Waals surface area contributed by atoms with Gasteiger partial charge in [-0.05, 0) is 18.2 Å². The molecule has 2 heterocycles. The van der Waals surface area contributed by atoms with Gasteiger partial charge in [-0.2, -0.15) is 0 Å². The van der Waals surface area contributed by atoms with Crippen LogP contribution in [0.25, 0.3) is 6.08 Å². The van der Waals surface area contributed by atoms with E-state index in [1.165, 1.54) is 11.5 Å². The Morgan fingerprint density at radius 2 is 2.18 bits per heavy atom. The molecule has 0 N–H and O–H groups in total. The zero-order valence-electron chi connectivity index (χ0n) is 5.56. The van der Waals surface area contributed by atoms with Gasteiger partial charge in [-0.3, -0.25) is 4.98 Å². The van der Waals surface area contributed by atoms with Crippen molar-refractivity contribution in [3.63, 3.8) is 0 Å². The van der Waals surface area contributed by atoms with Crippen LogP contribution in [0, 0.1) is 0 Å². The Balaban J connectivity index is 2.84. The number of aromatic nitrogens is 1. The summed E-state index contributed by atoms with van der Waals surface area (Å²) in [6.07, 6.45) is 3.08. The second-order valence-corrected chi connectivity index (χ2v) is 4.04. The fourth-order valence-electron chi connectivity index (χ4n) is 0.996. The monoisotopic (exact) mass is 167 g/mol. The summed E-state index contributed by atoms with van der Waals surface area (Å²) in [7, 11) is -3.15. The molecule has 0 atom stereocenters. The minimum Gasteiger partial charge on any atom is -0.255 e. The van der Waals surface area contributed by atoms with E-state index in [1.54, 1.807) is 18.3 Å². The number of rotatable bonds is 0. The van der Waals surface area contributed by atoms with E-state index in [9.17, 15) is 8.42 Å². The first kappa shape index (κ1) is 6.54. The van der Waals surface area contributed by atoms with E-state index in [-0.39, 0.29) is 0 Å². The largest absolute Gasteiger partial charge is 0.255 e. The van der Waals surface area contributed by atoms with Crippen LogP contribution in [0.1, 0.15) is 5.69 Å². The molecule has 2 rings (SSSR count). The van der Waals surface area contributed by atoms with Crippen LogP contribution in [0.3, 0.4) is 0 Å². The minimum atomic E-state index is -3.15. The lowest BCUT2D eigenvalue weighted by Crippen LogP contribution is -1.93. The highest BCUT2D eigenvalue weighted by Gasteiger charge is 2.20. The van der Waals surface area contributed by atoms with Gasteiger partial charge in [-0.25, -0.2) is 8.42 Å². The highest BCUT2D eigenvalue weighted by Crippen LogP contribution is 2.23. The molecular formula is C7H5NO2S. The van der Waals surface area contributed by atoms with Crippen LogP contribution in [-0.2, 0) is 9.84 Å². The molecule has 0 aliphatic carbocycles. The quantitative estimate of drug-likeness (QED) is 0.575. The Kier molecular flexibility index (Phi) is 1.14. The van der Waals surface area contributed by atoms with Gasteiger partial charge in [0.25, 0.3) is 0 Å². The molecule has 4 heteroatoms. The lowest BCUT2D eigenvalue weighted by Gasteiger charge is -1.93. The van der Waals surface area contributed by atoms with Crippen molar-refractivity contribution in [2.75, 3.05) is 0 Å². The third-order valence-electron chi connectivity index (χ3n) is 1.51. The maximum atomic E-state index is 11.1. The van der Waals surface area contributed by atoms with Crippen LogP contribution in [0.2, 0.25) is 0 Å². The smallest absolute Gasteiger partial charge is 0.202 e. The van der Waals surface area contributed by atoms with E-state index in [0.29, 0.717) is 10.6 Å². The normalized spacial score (nSPS) is 18.2. The molecule has 0 spiro atoms. The highest BCUT2D eigenvalue weighted by atomic mass is 32.2. The van der Waals surface area contributed by atoms with E-state index >= 15 is 0 Å². The third-order valence-corrected chi connectivity index (χ3v) is 2.96. The van der Waals surface area contributed by atoms with E-state index in [0.717, 1.165) is 0 Å². The molecule has 11 heavy (non-hydrogen) atoms. The fourth-order valence-corrected chi connectivity index (χ4v) is 2.13. The van der Waals surface area contributed by atoms with Crippen molar-refractivity contribution < 1.29 is 8.42 Å². The molecule has 3 nitrogen and oxygen atoms in total. The summed E-state index contributed by atoms with van der Waals surface area (Å²) in [4.78, 5) is 4.19. The van der Waals surface area contributed by atoms with Gasteiger partial charge in [0.15, 0.2) is 0 Å². The van der Waals surface area contributed by atoms with Crippen molar-refractivity contribution in [3.05, 3.63) is 29.4 Å². The predicted molar refractivity (Wildman–Crippen MR) is 40.5 cm³/mol. The van der Waals surface area contributed by atoms with Gasteiger partial charge in [0.1, 0.15) is 0 Å². The van der Waals surface area contributed by atoms with Gasteiger partial charge in [-0.15, -0.1) is 0 Å². The van der Waals surface area contributed by atoms with Crippen LogP contribution in [0.5, 0.6) is 0 Å². The zero-order valence-corrected chi connectivity index (χ0v) is 6.38. The molecule has 1 aliphatic rings. The maximum absolute atomic E-state index is 11.1. The highest BCUT2D eigenvalue weighted by molar-refractivity contribution is 7.94. The number of fused-ring (bicyclic) bond motifs is 1. The second kappa shape index (κ2) is 1.92. The van der Waals surface area contributed by atoms with Gasteiger partial charge in [0, 0.05) is 11.6 Å². The molecule has 0 saturated heterocycles. The molecule has 0 unspecified atom stereocenters. The molecule has 1 aromatic rings. The number of sulfone groups is 1. The molecule has 1 aliphatic heterocycles. The van der Waals surface area contributed by atoms with Crippen LogP contribution < -0.4 is 0 Å². The SMILES string of the molecule is O=S1(=O)C=Cc2ncccc21. The van der Waals surface area contributed by atoms with Crippen molar-refractivity contribution in [3.8, 4) is 0 Å². The third kappa shape index (κ3) is 0.867. The fraction of sp³-hybridized carbons (Fsp3) is 0. The van der Waals surface area contributed by atoms with Crippen molar-refractivity contribution in [2.24, 2.45) is 0 Å². The lowest BCUT2D eigenvalue weighted by atomic mass is 10.3. The Hall–Kier alpha value is -1.16. The molecule has 0 amide bonds. The molecule has 0 fully saturated rings.